The van der Waals surface area contributed by atoms with E-state index >= 15 is 0 Å². The number of anilines is 2. The van der Waals surface area contributed by atoms with Crippen molar-refractivity contribution in [2.45, 2.75) is 13.3 Å². The molecule has 1 aromatic carbocycles. The Morgan fingerprint density at radius 3 is 2.90 bits per heavy atom. The van der Waals surface area contributed by atoms with Crippen LogP contribution in [0.15, 0.2) is 36.4 Å². The number of nitrogens with one attached hydrogen (secondary N) is 1. The van der Waals surface area contributed by atoms with Gasteiger partial charge < -0.3 is 10.2 Å². The Balaban J connectivity index is 1.96. The lowest BCUT2D eigenvalue weighted by Gasteiger charge is -2.18. The second kappa shape index (κ2) is 4.96. The molecule has 1 aliphatic heterocycles. The molecule has 3 rings (SSSR count). The molecule has 0 saturated heterocycles. The van der Waals surface area contributed by atoms with Gasteiger partial charge in [0, 0.05) is 30.5 Å². The van der Waals surface area contributed by atoms with Gasteiger partial charge in [0.15, 0.2) is 0 Å². The molecule has 2 heterocycles. The van der Waals surface area contributed by atoms with E-state index in [9.17, 15) is 4.79 Å². The summed E-state index contributed by atoms with van der Waals surface area (Å²) in [5.74, 6) is 0.762. The molecule has 4 nitrogen and oxygen atoms in total. The number of benzene rings is 1. The zero-order valence-electron chi connectivity index (χ0n) is 11.7. The molecule has 0 fully saturated rings. The Hall–Kier alpha value is -2.36. The number of aromatic nitrogens is 1. The second-order valence-corrected chi connectivity index (χ2v) is 4.97. The predicted octanol–water partition coefficient (Wildman–Crippen LogP) is 2.63. The van der Waals surface area contributed by atoms with Crippen LogP contribution in [-0.4, -0.2) is 24.5 Å². The van der Waals surface area contributed by atoms with Crippen LogP contribution in [0.4, 0.5) is 11.5 Å². The van der Waals surface area contributed by atoms with Crippen LogP contribution in [0, 0.1) is 6.92 Å². The number of nitrogens with zero attached hydrogens (tertiary/aromatic N) is 2. The highest BCUT2D eigenvalue weighted by molar-refractivity contribution is 6.07. The average molecular weight is 267 g/mol. The highest BCUT2D eigenvalue weighted by Crippen LogP contribution is 2.29. The lowest BCUT2D eigenvalue weighted by molar-refractivity contribution is 0.0989. The molecule has 20 heavy (non-hydrogen) atoms. The van der Waals surface area contributed by atoms with E-state index in [-0.39, 0.29) is 5.91 Å². The van der Waals surface area contributed by atoms with E-state index < -0.39 is 0 Å². The molecular formula is C16H17N3O. The fourth-order valence-electron chi connectivity index (χ4n) is 2.63. The Morgan fingerprint density at radius 1 is 1.30 bits per heavy atom. The van der Waals surface area contributed by atoms with E-state index in [1.54, 1.807) is 13.1 Å². The van der Waals surface area contributed by atoms with Crippen molar-refractivity contribution < 1.29 is 4.79 Å². The van der Waals surface area contributed by atoms with Gasteiger partial charge in [-0.3, -0.25) is 4.79 Å². The number of hydrogen-bond acceptors (Lipinski definition) is 3. The third-order valence-corrected chi connectivity index (χ3v) is 3.59. The van der Waals surface area contributed by atoms with Gasteiger partial charge in [-0.2, -0.15) is 0 Å². The largest absolute Gasteiger partial charge is 0.373 e. The maximum Gasteiger partial charge on any atom is 0.258 e. The van der Waals surface area contributed by atoms with Gasteiger partial charge in [0.05, 0.1) is 0 Å². The summed E-state index contributed by atoms with van der Waals surface area (Å²) in [6.07, 6.45) is 0.921. The molecule has 4 heteroatoms. The van der Waals surface area contributed by atoms with Crippen molar-refractivity contribution >= 4 is 17.4 Å². The lowest BCUT2D eigenvalue weighted by atomic mass is 10.1. The number of aryl methyl sites for hydroxylation is 1. The highest BCUT2D eigenvalue weighted by atomic mass is 16.2. The van der Waals surface area contributed by atoms with E-state index in [0.717, 1.165) is 30.2 Å². The summed E-state index contributed by atoms with van der Waals surface area (Å²) < 4.78 is 0. The topological polar surface area (TPSA) is 45.2 Å². The Morgan fingerprint density at radius 2 is 2.10 bits per heavy atom. The summed E-state index contributed by atoms with van der Waals surface area (Å²) in [4.78, 5) is 18.9. The van der Waals surface area contributed by atoms with Crippen LogP contribution in [0.3, 0.4) is 0 Å². The number of pyridine rings is 1. The fraction of sp³-hybridized carbons (Fsp3) is 0.250. The van der Waals surface area contributed by atoms with E-state index in [2.05, 4.69) is 16.4 Å². The zero-order chi connectivity index (χ0) is 14.1. The molecule has 0 aliphatic carbocycles. The molecule has 0 atom stereocenters. The van der Waals surface area contributed by atoms with Crippen LogP contribution in [-0.2, 0) is 6.42 Å². The third kappa shape index (κ3) is 2.13. The Kier molecular flexibility index (Phi) is 3.14. The monoisotopic (exact) mass is 267 g/mol. The normalized spacial score (nSPS) is 13.2. The fourth-order valence-corrected chi connectivity index (χ4v) is 2.63. The first kappa shape index (κ1) is 12.7. The van der Waals surface area contributed by atoms with E-state index in [1.807, 2.05) is 36.1 Å². The lowest BCUT2D eigenvalue weighted by Crippen LogP contribution is -2.29. The van der Waals surface area contributed by atoms with E-state index in [4.69, 9.17) is 0 Å². The molecule has 0 saturated carbocycles. The Labute approximate surface area is 118 Å². The molecule has 1 amide bonds. The maximum absolute atomic E-state index is 12.7. The number of fused-ring (bicyclic) bond motifs is 1. The van der Waals surface area contributed by atoms with Gasteiger partial charge in [-0.05, 0) is 37.1 Å². The van der Waals surface area contributed by atoms with Crippen LogP contribution in [0.1, 0.15) is 21.6 Å². The van der Waals surface area contributed by atoms with Gasteiger partial charge in [-0.1, -0.05) is 18.2 Å². The van der Waals surface area contributed by atoms with Crippen LogP contribution >= 0.6 is 0 Å². The van der Waals surface area contributed by atoms with Crippen LogP contribution in [0.25, 0.3) is 0 Å². The SMILES string of the molecule is CNc1cc(C(=O)N2CCc3ccccc32)cc(C)n1. The average Bonchev–Trinajstić information content (AvgIpc) is 2.89. The summed E-state index contributed by atoms with van der Waals surface area (Å²) >= 11 is 0. The van der Waals surface area contributed by atoms with Gasteiger partial charge in [0.1, 0.15) is 5.82 Å². The van der Waals surface area contributed by atoms with Gasteiger partial charge in [-0.15, -0.1) is 0 Å². The molecule has 1 aliphatic rings. The first-order valence-electron chi connectivity index (χ1n) is 6.75. The second-order valence-electron chi connectivity index (χ2n) is 4.97. The molecule has 102 valence electrons. The quantitative estimate of drug-likeness (QED) is 0.909. The number of para-hydroxylation sites is 1. The van der Waals surface area contributed by atoms with Crippen molar-refractivity contribution in [3.8, 4) is 0 Å². The van der Waals surface area contributed by atoms with Crippen molar-refractivity contribution in [3.63, 3.8) is 0 Å². The molecule has 1 aromatic heterocycles. The minimum Gasteiger partial charge on any atom is -0.373 e. The molecular weight excluding hydrogens is 250 g/mol. The van der Waals surface area contributed by atoms with Crippen molar-refractivity contribution in [3.05, 3.63) is 53.2 Å². The summed E-state index contributed by atoms with van der Waals surface area (Å²) in [6.45, 7) is 2.64. The van der Waals surface area contributed by atoms with Crippen molar-refractivity contribution in [1.29, 1.82) is 0 Å². The van der Waals surface area contributed by atoms with Crippen molar-refractivity contribution in [2.24, 2.45) is 0 Å². The van der Waals surface area contributed by atoms with E-state index in [1.165, 1.54) is 5.56 Å². The van der Waals surface area contributed by atoms with Crippen LogP contribution < -0.4 is 10.2 Å². The van der Waals surface area contributed by atoms with Crippen molar-refractivity contribution in [1.82, 2.24) is 4.98 Å². The summed E-state index contributed by atoms with van der Waals surface area (Å²) in [5, 5.41) is 2.99. The Bertz CT molecular complexity index is 667. The molecule has 2 aromatic rings. The minimum atomic E-state index is 0.0388. The summed E-state index contributed by atoms with van der Waals surface area (Å²) in [5.41, 5.74) is 3.78. The van der Waals surface area contributed by atoms with E-state index in [0.29, 0.717) is 5.56 Å². The number of carbonyl (C=O) groups excluding carboxylic acids is 1. The predicted molar refractivity (Wildman–Crippen MR) is 80.3 cm³/mol. The molecule has 0 unspecified atom stereocenters. The van der Waals surface area contributed by atoms with Gasteiger partial charge in [0.25, 0.3) is 5.91 Å². The van der Waals surface area contributed by atoms with Gasteiger partial charge in [0.2, 0.25) is 0 Å². The molecule has 0 radical (unpaired) electrons. The van der Waals surface area contributed by atoms with Crippen LogP contribution in [0.2, 0.25) is 0 Å². The number of amides is 1. The smallest absolute Gasteiger partial charge is 0.258 e. The number of hydrogen-bond donors (Lipinski definition) is 1. The summed E-state index contributed by atoms with van der Waals surface area (Å²) in [7, 11) is 1.81. The zero-order valence-corrected chi connectivity index (χ0v) is 11.7. The standard InChI is InChI=1S/C16H17N3O/c1-11-9-13(10-15(17-2)18-11)16(20)19-8-7-12-5-3-4-6-14(12)19/h3-6,9-10H,7-8H2,1-2H3,(H,17,18). The first-order valence-corrected chi connectivity index (χ1v) is 6.75. The van der Waals surface area contributed by atoms with Gasteiger partial charge >= 0.3 is 0 Å². The minimum absolute atomic E-state index is 0.0388. The number of rotatable bonds is 2. The molecule has 0 spiro atoms. The summed E-state index contributed by atoms with van der Waals surface area (Å²) in [6, 6.07) is 11.7. The van der Waals surface area contributed by atoms with Crippen LogP contribution in [0.5, 0.6) is 0 Å². The highest BCUT2D eigenvalue weighted by Gasteiger charge is 2.25. The first-order chi connectivity index (χ1) is 9.69. The maximum atomic E-state index is 12.7. The molecule has 1 N–H and O–H groups in total. The van der Waals surface area contributed by atoms with Gasteiger partial charge in [-0.25, -0.2) is 4.98 Å². The van der Waals surface area contributed by atoms with Crippen molar-refractivity contribution in [2.75, 3.05) is 23.8 Å². The third-order valence-electron chi connectivity index (χ3n) is 3.59. The number of carbonyl (C=O) groups is 1. The molecule has 0 bridgehead atoms.